The number of benzene rings is 1. The summed E-state index contributed by atoms with van der Waals surface area (Å²) in [5.41, 5.74) is 12.0. The van der Waals surface area contributed by atoms with E-state index < -0.39 is 0 Å². The summed E-state index contributed by atoms with van der Waals surface area (Å²) in [6.45, 7) is 0. The summed E-state index contributed by atoms with van der Waals surface area (Å²) >= 11 is 11.9. The maximum absolute atomic E-state index is 6.03. The summed E-state index contributed by atoms with van der Waals surface area (Å²) in [5.74, 6) is 0.177. The van der Waals surface area contributed by atoms with Crippen LogP contribution in [0.5, 0.6) is 0 Å². The normalized spacial score (nSPS) is 9.76. The van der Waals surface area contributed by atoms with Crippen LogP contribution in [0.4, 0.5) is 11.8 Å². The van der Waals surface area contributed by atoms with E-state index in [1.54, 1.807) is 18.2 Å². The topological polar surface area (TPSA) is 90.7 Å². The molecule has 2 radical (unpaired) electrons. The Kier molecular flexibility index (Phi) is 4.90. The molecule has 1 heterocycles. The molecule has 2 aromatic rings. The van der Waals surface area contributed by atoms with E-state index in [0.717, 1.165) is 0 Å². The van der Waals surface area contributed by atoms with Gasteiger partial charge in [-0.15, -0.1) is 10.2 Å². The summed E-state index contributed by atoms with van der Waals surface area (Å²) in [4.78, 5) is 3.80. The van der Waals surface area contributed by atoms with E-state index in [-0.39, 0.29) is 39.1 Å². The predicted molar refractivity (Wildman–Crippen MR) is 72.7 cm³/mol. The second-order valence-corrected chi connectivity index (χ2v) is 3.79. The zero-order chi connectivity index (χ0) is 11.7. The summed E-state index contributed by atoms with van der Waals surface area (Å²) in [5, 5.41) is 8.24. The molecule has 1 aromatic carbocycles. The van der Waals surface area contributed by atoms with Crippen molar-refractivity contribution in [3.8, 4) is 11.3 Å². The van der Waals surface area contributed by atoms with Gasteiger partial charge in [-0.05, 0) is 6.07 Å². The van der Waals surface area contributed by atoms with Crippen molar-refractivity contribution in [1.82, 2.24) is 15.2 Å². The van der Waals surface area contributed by atoms with Crippen molar-refractivity contribution in [2.24, 2.45) is 0 Å². The van der Waals surface area contributed by atoms with Gasteiger partial charge in [-0.3, -0.25) is 0 Å². The molecule has 0 saturated carbocycles. The minimum atomic E-state index is 0. The van der Waals surface area contributed by atoms with Crippen molar-refractivity contribution in [3.05, 3.63) is 28.2 Å². The fraction of sp³-hybridized carbons (Fsp3) is 0. The van der Waals surface area contributed by atoms with Gasteiger partial charge in [-0.25, -0.2) is 0 Å². The maximum atomic E-state index is 6.03. The number of nitrogen functional groups attached to an aromatic ring is 2. The van der Waals surface area contributed by atoms with Crippen LogP contribution in [0.3, 0.4) is 0 Å². The first-order valence-corrected chi connectivity index (χ1v) is 5.05. The Morgan fingerprint density at radius 3 is 2.41 bits per heavy atom. The quantitative estimate of drug-likeness (QED) is 0.616. The van der Waals surface area contributed by atoms with Crippen LogP contribution in [0.25, 0.3) is 11.3 Å². The van der Waals surface area contributed by atoms with Gasteiger partial charge in [0.15, 0.2) is 5.82 Å². The van der Waals surface area contributed by atoms with Crippen molar-refractivity contribution in [2.75, 3.05) is 11.5 Å². The van der Waals surface area contributed by atoms with Gasteiger partial charge in [0.2, 0.25) is 5.95 Å². The molecule has 1 aromatic heterocycles. The second-order valence-electron chi connectivity index (χ2n) is 3.01. The van der Waals surface area contributed by atoms with E-state index in [1.807, 2.05) is 0 Å². The number of hydrogen-bond acceptors (Lipinski definition) is 5. The summed E-state index contributed by atoms with van der Waals surface area (Å²) in [7, 11) is 0. The number of halogens is 2. The first-order chi connectivity index (χ1) is 7.59. The molecule has 4 N–H and O–H groups in total. The van der Waals surface area contributed by atoms with Gasteiger partial charge in [0.25, 0.3) is 0 Å². The number of aromatic nitrogens is 3. The average molecular weight is 465 g/mol. The average Bonchev–Trinajstić information content (AvgIpc) is 2.23. The monoisotopic (exact) mass is 465 g/mol. The molecule has 0 fully saturated rings. The van der Waals surface area contributed by atoms with E-state index in [2.05, 4.69) is 15.2 Å². The Morgan fingerprint density at radius 1 is 1.06 bits per heavy atom. The molecule has 0 aliphatic heterocycles. The minimum absolute atomic E-state index is 0. The van der Waals surface area contributed by atoms with E-state index >= 15 is 0 Å². The van der Waals surface area contributed by atoms with E-state index in [4.69, 9.17) is 34.7 Å². The number of nitrogens with zero attached hydrogens (tertiary/aromatic N) is 3. The number of rotatable bonds is 1. The third kappa shape index (κ3) is 2.96. The van der Waals surface area contributed by atoms with Crippen LogP contribution in [0, 0.1) is 0 Å². The summed E-state index contributed by atoms with van der Waals surface area (Å²) in [6.07, 6.45) is 0. The van der Waals surface area contributed by atoms with Crippen molar-refractivity contribution in [3.63, 3.8) is 0 Å². The Bertz CT molecular complexity index is 549. The van der Waals surface area contributed by atoms with Crippen LogP contribution in [0.15, 0.2) is 18.2 Å². The molecule has 0 spiro atoms. The third-order valence-corrected chi connectivity index (χ3v) is 2.76. The van der Waals surface area contributed by atoms with Gasteiger partial charge < -0.3 is 11.5 Å². The van der Waals surface area contributed by atoms with Gasteiger partial charge in [0.05, 0.1) is 10.0 Å². The first kappa shape index (κ1) is 14.4. The van der Waals surface area contributed by atoms with Gasteiger partial charge in [0, 0.05) is 5.56 Å². The molecular formula is C9H9Cl2N5Pb. The molecule has 17 heavy (non-hydrogen) atoms. The molecule has 2 rings (SSSR count). The zero-order valence-corrected chi connectivity index (χ0v) is 15.7. The van der Waals surface area contributed by atoms with Gasteiger partial charge in [0.1, 0.15) is 5.69 Å². The van der Waals surface area contributed by atoms with E-state index in [0.29, 0.717) is 21.3 Å². The first-order valence-electron chi connectivity index (χ1n) is 4.29. The zero-order valence-electron chi connectivity index (χ0n) is 8.69. The molecule has 0 saturated heterocycles. The van der Waals surface area contributed by atoms with Crippen molar-refractivity contribution in [1.29, 1.82) is 0 Å². The number of anilines is 2. The molecule has 0 amide bonds. The van der Waals surface area contributed by atoms with Gasteiger partial charge in [-0.1, -0.05) is 35.3 Å². The van der Waals surface area contributed by atoms with Crippen molar-refractivity contribution < 1.29 is 0 Å². The molecule has 0 unspecified atom stereocenters. The van der Waals surface area contributed by atoms with Gasteiger partial charge >= 0.3 is 27.3 Å². The Hall–Kier alpha value is -0.668. The molecule has 0 aliphatic carbocycles. The van der Waals surface area contributed by atoms with Crippen molar-refractivity contribution in [2.45, 2.75) is 0 Å². The molecular weight excluding hydrogens is 456 g/mol. The van der Waals surface area contributed by atoms with Crippen molar-refractivity contribution >= 4 is 62.3 Å². The predicted octanol–water partition coefficient (Wildman–Crippen LogP) is 1.09. The van der Waals surface area contributed by atoms with E-state index in [1.165, 1.54) is 0 Å². The van der Waals surface area contributed by atoms with Crippen LogP contribution >= 0.6 is 23.2 Å². The summed E-state index contributed by atoms with van der Waals surface area (Å²) < 4.78 is 0. The van der Waals surface area contributed by atoms with Crippen LogP contribution in [-0.2, 0) is 0 Å². The fourth-order valence-electron chi connectivity index (χ4n) is 1.23. The summed E-state index contributed by atoms with van der Waals surface area (Å²) in [6, 6.07) is 5.13. The van der Waals surface area contributed by atoms with E-state index in [9.17, 15) is 0 Å². The molecule has 0 atom stereocenters. The molecule has 5 nitrogen and oxygen atoms in total. The fourth-order valence-corrected chi connectivity index (χ4v) is 1.62. The molecule has 0 bridgehead atoms. The molecule has 8 heteroatoms. The number of nitrogens with two attached hydrogens (primary N) is 2. The SMILES string of the molecule is Nc1nnc(-c2cccc(Cl)c2Cl)c(N)n1.[PbH2]. The van der Waals surface area contributed by atoms with Gasteiger partial charge in [-0.2, -0.15) is 4.98 Å². The standard InChI is InChI=1S/C9H7Cl2N5.Pb.2H/c10-5-3-1-2-4(6(5)11)7-8(12)14-9(13)16-15-7;;;/h1-3H,(H4,12,13,14,16);;;. The molecule has 88 valence electrons. The Balaban J connectivity index is 0.00000144. The van der Waals surface area contributed by atoms with Crippen LogP contribution in [-0.4, -0.2) is 42.5 Å². The second kappa shape index (κ2) is 5.79. The van der Waals surface area contributed by atoms with Crippen LogP contribution in [0.2, 0.25) is 10.0 Å². The molecule has 0 aliphatic rings. The third-order valence-electron chi connectivity index (χ3n) is 1.94. The van der Waals surface area contributed by atoms with Crippen LogP contribution < -0.4 is 11.5 Å². The van der Waals surface area contributed by atoms with Crippen LogP contribution in [0.1, 0.15) is 0 Å². The number of hydrogen-bond donors (Lipinski definition) is 2. The Morgan fingerprint density at radius 2 is 1.76 bits per heavy atom. The Labute approximate surface area is 128 Å².